The van der Waals surface area contributed by atoms with Gasteiger partial charge in [-0.3, -0.25) is 4.98 Å². The first-order chi connectivity index (χ1) is 20.0. The Bertz CT molecular complexity index is 1840. The lowest BCUT2D eigenvalue weighted by Crippen LogP contribution is -1.95. The number of hydrogen-bond acceptors (Lipinski definition) is 2. The van der Waals surface area contributed by atoms with Crippen molar-refractivity contribution in [1.29, 1.82) is 5.41 Å². The summed E-state index contributed by atoms with van der Waals surface area (Å²) in [4.78, 5) is 4.58. The van der Waals surface area contributed by atoms with Gasteiger partial charge in [-0.15, -0.1) is 0 Å². The molecule has 6 rings (SSSR count). The highest BCUT2D eigenvalue weighted by Crippen LogP contribution is 2.44. The Labute approximate surface area is 242 Å². The highest BCUT2D eigenvalue weighted by Gasteiger charge is 2.17. The second-order valence-electron chi connectivity index (χ2n) is 10.8. The molecule has 0 spiro atoms. The van der Waals surface area contributed by atoms with Crippen LogP contribution in [0.2, 0.25) is 0 Å². The fourth-order valence-electron chi connectivity index (χ4n) is 5.89. The van der Waals surface area contributed by atoms with Crippen LogP contribution in [-0.2, 0) is 0 Å². The van der Waals surface area contributed by atoms with Crippen LogP contribution in [0.5, 0.6) is 0 Å². The van der Waals surface area contributed by atoms with Gasteiger partial charge in [0.1, 0.15) is 0 Å². The van der Waals surface area contributed by atoms with Crippen molar-refractivity contribution in [2.45, 2.75) is 33.1 Å². The van der Waals surface area contributed by atoms with Crippen LogP contribution in [0.3, 0.4) is 0 Å². The fraction of sp³-hybridized carbons (Fsp3) is 0.128. The van der Waals surface area contributed by atoms with Gasteiger partial charge in [0.25, 0.3) is 0 Å². The molecule has 0 aliphatic heterocycles. The summed E-state index contributed by atoms with van der Waals surface area (Å²) >= 11 is 0. The largest absolute Gasteiger partial charge is 0.306 e. The fourth-order valence-corrected chi connectivity index (χ4v) is 5.89. The highest BCUT2D eigenvalue weighted by molar-refractivity contribution is 6.21. The molecule has 2 heteroatoms. The number of nitrogens with zero attached hydrogens (tertiary/aromatic N) is 1. The first-order valence-electron chi connectivity index (χ1n) is 14.3. The molecule has 0 amide bonds. The van der Waals surface area contributed by atoms with E-state index in [2.05, 4.69) is 128 Å². The number of pyridine rings is 1. The molecule has 0 radical (unpaired) electrons. The molecule has 41 heavy (non-hydrogen) atoms. The summed E-state index contributed by atoms with van der Waals surface area (Å²) in [5, 5.41) is 12.8. The van der Waals surface area contributed by atoms with Crippen LogP contribution in [0.1, 0.15) is 37.3 Å². The van der Waals surface area contributed by atoms with Gasteiger partial charge in [0.2, 0.25) is 0 Å². The molecule has 1 aromatic heterocycles. The summed E-state index contributed by atoms with van der Waals surface area (Å²) in [6.45, 7) is 6.12. The summed E-state index contributed by atoms with van der Waals surface area (Å²) in [5.74, 6) is 0.304. The number of rotatable bonds is 7. The molecule has 6 aromatic rings. The maximum atomic E-state index is 7.77. The number of aryl methyl sites for hydroxylation is 1. The second kappa shape index (κ2) is 11.3. The van der Waals surface area contributed by atoms with E-state index in [1.165, 1.54) is 54.9 Å². The number of hydrogen-bond donors (Lipinski definition) is 1. The SMILES string of the molecule is CCC(/C=C\C(C)=N)c1ccc(-c2c3ccccc3c(-c3ccc(-c4cc(C)ccn4)cc3)c3ccccc23)cc1. The van der Waals surface area contributed by atoms with E-state index in [1.54, 1.807) is 0 Å². The van der Waals surface area contributed by atoms with E-state index < -0.39 is 0 Å². The Hall–Kier alpha value is -4.82. The van der Waals surface area contributed by atoms with E-state index in [0.717, 1.165) is 17.7 Å². The van der Waals surface area contributed by atoms with Gasteiger partial charge >= 0.3 is 0 Å². The van der Waals surface area contributed by atoms with Crippen molar-refractivity contribution in [3.05, 3.63) is 139 Å². The molecule has 1 unspecified atom stereocenters. The Kier molecular flexibility index (Phi) is 7.31. The van der Waals surface area contributed by atoms with E-state index in [0.29, 0.717) is 11.6 Å². The summed E-state index contributed by atoms with van der Waals surface area (Å²) in [5.41, 5.74) is 10.2. The van der Waals surface area contributed by atoms with Crippen molar-refractivity contribution in [2.24, 2.45) is 0 Å². The van der Waals surface area contributed by atoms with Crippen molar-refractivity contribution in [3.8, 4) is 33.5 Å². The van der Waals surface area contributed by atoms with Gasteiger partial charge in [-0.1, -0.05) is 110 Å². The highest BCUT2D eigenvalue weighted by atomic mass is 14.7. The van der Waals surface area contributed by atoms with Crippen molar-refractivity contribution >= 4 is 27.3 Å². The minimum Gasteiger partial charge on any atom is -0.306 e. The molecule has 0 fully saturated rings. The second-order valence-corrected chi connectivity index (χ2v) is 10.8. The quantitative estimate of drug-likeness (QED) is 0.162. The standard InChI is InChI=1S/C39H34N2/c1-4-28(14-13-27(3)40)29-15-19-31(20-16-29)38-33-9-5-7-11-35(33)39(36-12-8-6-10-34(36)38)32-21-17-30(18-22-32)37-25-26(2)23-24-41-37/h5-25,28,40H,4H2,1-3H3/b14-13-,40-27?. The molecular weight excluding hydrogens is 496 g/mol. The van der Waals surface area contributed by atoms with Gasteiger partial charge in [0, 0.05) is 23.4 Å². The van der Waals surface area contributed by atoms with Crippen molar-refractivity contribution in [1.82, 2.24) is 4.98 Å². The summed E-state index contributed by atoms with van der Waals surface area (Å²) < 4.78 is 0. The lowest BCUT2D eigenvalue weighted by molar-refractivity contribution is 0.806. The Balaban J connectivity index is 1.50. The predicted molar refractivity (Wildman–Crippen MR) is 176 cm³/mol. The molecule has 200 valence electrons. The van der Waals surface area contributed by atoms with E-state index in [-0.39, 0.29) is 0 Å². The molecular formula is C39H34N2. The molecule has 0 aliphatic rings. The zero-order valence-corrected chi connectivity index (χ0v) is 23.9. The molecule has 0 bridgehead atoms. The Morgan fingerprint density at radius 2 is 1.20 bits per heavy atom. The third kappa shape index (κ3) is 5.21. The third-order valence-corrected chi connectivity index (χ3v) is 7.96. The summed E-state index contributed by atoms with van der Waals surface area (Å²) in [7, 11) is 0. The van der Waals surface area contributed by atoms with Crippen molar-refractivity contribution in [2.75, 3.05) is 0 Å². The van der Waals surface area contributed by atoms with Crippen LogP contribution < -0.4 is 0 Å². The number of nitrogens with one attached hydrogen (secondary N) is 1. The maximum absolute atomic E-state index is 7.77. The van der Waals surface area contributed by atoms with Gasteiger partial charge in [0.05, 0.1) is 5.69 Å². The van der Waals surface area contributed by atoms with Crippen molar-refractivity contribution < 1.29 is 0 Å². The topological polar surface area (TPSA) is 36.7 Å². The van der Waals surface area contributed by atoms with Gasteiger partial charge in [0.15, 0.2) is 0 Å². The molecule has 1 atom stereocenters. The lowest BCUT2D eigenvalue weighted by atomic mass is 9.85. The van der Waals surface area contributed by atoms with E-state index in [4.69, 9.17) is 5.41 Å². The number of aromatic nitrogens is 1. The van der Waals surface area contributed by atoms with E-state index in [9.17, 15) is 0 Å². The number of fused-ring (bicyclic) bond motifs is 2. The maximum Gasteiger partial charge on any atom is 0.0704 e. The summed E-state index contributed by atoms with van der Waals surface area (Å²) in [6, 6.07) is 39.6. The smallest absolute Gasteiger partial charge is 0.0704 e. The zero-order chi connectivity index (χ0) is 28.3. The predicted octanol–water partition coefficient (Wildman–Crippen LogP) is 10.8. The number of allylic oxidation sites excluding steroid dienone is 2. The van der Waals surface area contributed by atoms with Gasteiger partial charge < -0.3 is 5.41 Å². The molecule has 0 saturated heterocycles. The normalized spacial score (nSPS) is 12.3. The van der Waals surface area contributed by atoms with Crippen LogP contribution in [0.4, 0.5) is 0 Å². The van der Waals surface area contributed by atoms with Crippen LogP contribution >= 0.6 is 0 Å². The van der Waals surface area contributed by atoms with Gasteiger partial charge in [-0.05, 0) is 93.4 Å². The molecule has 2 nitrogen and oxygen atoms in total. The van der Waals surface area contributed by atoms with E-state index >= 15 is 0 Å². The van der Waals surface area contributed by atoms with Crippen LogP contribution in [0.25, 0.3) is 55.1 Å². The van der Waals surface area contributed by atoms with Gasteiger partial charge in [-0.25, -0.2) is 0 Å². The first kappa shape index (κ1) is 26.4. The lowest BCUT2D eigenvalue weighted by Gasteiger charge is -2.18. The van der Waals surface area contributed by atoms with Crippen LogP contribution in [0, 0.1) is 12.3 Å². The van der Waals surface area contributed by atoms with Crippen LogP contribution in [0.15, 0.2) is 128 Å². The molecule has 5 aromatic carbocycles. The average molecular weight is 531 g/mol. The van der Waals surface area contributed by atoms with E-state index in [1.807, 2.05) is 25.3 Å². The molecule has 0 saturated carbocycles. The first-order valence-corrected chi connectivity index (χ1v) is 14.3. The minimum atomic E-state index is 0.304. The minimum absolute atomic E-state index is 0.304. The van der Waals surface area contributed by atoms with Gasteiger partial charge in [-0.2, -0.15) is 0 Å². The summed E-state index contributed by atoms with van der Waals surface area (Å²) in [6.07, 6.45) is 6.94. The number of benzene rings is 5. The molecule has 1 N–H and O–H groups in total. The third-order valence-electron chi connectivity index (χ3n) is 7.96. The zero-order valence-electron chi connectivity index (χ0n) is 23.9. The Morgan fingerprint density at radius 1 is 0.707 bits per heavy atom. The van der Waals surface area contributed by atoms with Crippen LogP contribution in [-0.4, -0.2) is 10.7 Å². The van der Waals surface area contributed by atoms with Crippen molar-refractivity contribution in [3.63, 3.8) is 0 Å². The Morgan fingerprint density at radius 3 is 1.66 bits per heavy atom. The molecule has 0 aliphatic carbocycles. The monoisotopic (exact) mass is 530 g/mol. The average Bonchev–Trinajstić information content (AvgIpc) is 3.00. The molecule has 1 heterocycles.